The molecule has 8 nitrogen and oxygen atoms in total. The first-order valence-electron chi connectivity index (χ1n) is 10.1. The molecule has 2 heterocycles. The molecule has 0 atom stereocenters. The summed E-state index contributed by atoms with van der Waals surface area (Å²) in [5.41, 5.74) is 2.18. The van der Waals surface area contributed by atoms with E-state index in [0.29, 0.717) is 42.2 Å². The SMILES string of the molecule is O=C1NC(=O)C2(CCC(C(=O)Nc3ccc4nc(-c5ccccc5Cl)[nH]c4c3)CC2)N1. The first-order valence-corrected chi connectivity index (χ1v) is 10.5. The number of aromatic nitrogens is 2. The second-order valence-electron chi connectivity index (χ2n) is 8.05. The van der Waals surface area contributed by atoms with Crippen molar-refractivity contribution in [2.45, 2.75) is 31.2 Å². The van der Waals surface area contributed by atoms with Crippen molar-refractivity contribution in [1.29, 1.82) is 0 Å². The van der Waals surface area contributed by atoms with E-state index in [-0.39, 0.29) is 17.7 Å². The molecule has 0 unspecified atom stereocenters. The number of nitrogens with zero attached hydrogens (tertiary/aromatic N) is 1. The van der Waals surface area contributed by atoms with Crippen LogP contribution < -0.4 is 16.0 Å². The molecule has 3 aromatic rings. The van der Waals surface area contributed by atoms with Crippen LogP contribution in [0.3, 0.4) is 0 Å². The number of carbonyl (C=O) groups excluding carboxylic acids is 3. The largest absolute Gasteiger partial charge is 0.338 e. The molecule has 1 aliphatic heterocycles. The Balaban J connectivity index is 1.28. The zero-order chi connectivity index (χ0) is 21.6. The van der Waals surface area contributed by atoms with Gasteiger partial charge in [0.05, 0.1) is 16.1 Å². The summed E-state index contributed by atoms with van der Waals surface area (Å²) in [5, 5.41) is 8.58. The van der Waals surface area contributed by atoms with E-state index >= 15 is 0 Å². The molecule has 9 heteroatoms. The highest BCUT2D eigenvalue weighted by atomic mass is 35.5. The Morgan fingerprint density at radius 1 is 1.13 bits per heavy atom. The minimum Gasteiger partial charge on any atom is -0.338 e. The maximum Gasteiger partial charge on any atom is 0.322 e. The number of H-pyrrole nitrogens is 1. The van der Waals surface area contributed by atoms with Crippen molar-refractivity contribution in [2.75, 3.05) is 5.32 Å². The molecule has 1 aliphatic carbocycles. The number of aromatic amines is 1. The molecule has 1 aromatic heterocycles. The minimum absolute atomic E-state index is 0.0928. The predicted octanol–water partition coefficient (Wildman–Crippen LogP) is 3.59. The maximum absolute atomic E-state index is 12.8. The van der Waals surface area contributed by atoms with Crippen molar-refractivity contribution < 1.29 is 14.4 Å². The van der Waals surface area contributed by atoms with Gasteiger partial charge >= 0.3 is 6.03 Å². The van der Waals surface area contributed by atoms with E-state index in [1.807, 2.05) is 42.5 Å². The number of anilines is 1. The normalized spacial score (nSPS) is 23.1. The zero-order valence-corrected chi connectivity index (χ0v) is 17.3. The number of urea groups is 1. The standard InChI is InChI=1S/C22H20ClN5O3/c23-15-4-2-1-3-14(15)18-25-16-6-5-13(11-17(16)26-18)24-19(29)12-7-9-22(10-8-12)20(30)27-21(31)28-22/h1-6,11-12H,7-10H2,(H,24,29)(H,25,26)(H2,27,28,30,31). The van der Waals surface area contributed by atoms with Crippen molar-refractivity contribution in [3.8, 4) is 11.4 Å². The molecule has 5 rings (SSSR count). The van der Waals surface area contributed by atoms with Crippen LogP contribution in [0.5, 0.6) is 0 Å². The fourth-order valence-electron chi connectivity index (χ4n) is 4.37. The first-order chi connectivity index (χ1) is 14.9. The Morgan fingerprint density at radius 2 is 1.90 bits per heavy atom. The summed E-state index contributed by atoms with van der Waals surface area (Å²) >= 11 is 6.27. The second kappa shape index (κ2) is 7.39. The van der Waals surface area contributed by atoms with E-state index in [1.54, 1.807) is 0 Å². The van der Waals surface area contributed by atoms with Gasteiger partial charge in [-0.05, 0) is 56.0 Å². The lowest BCUT2D eigenvalue weighted by atomic mass is 9.76. The smallest absolute Gasteiger partial charge is 0.322 e. The van der Waals surface area contributed by atoms with E-state index in [0.717, 1.165) is 16.6 Å². The first kappa shape index (κ1) is 19.6. The Morgan fingerprint density at radius 3 is 2.61 bits per heavy atom. The molecular formula is C22H20ClN5O3. The molecule has 1 saturated carbocycles. The molecule has 0 radical (unpaired) electrons. The Bertz CT molecular complexity index is 1210. The van der Waals surface area contributed by atoms with Crippen molar-refractivity contribution in [2.24, 2.45) is 5.92 Å². The quantitative estimate of drug-likeness (QED) is 0.468. The van der Waals surface area contributed by atoms with Gasteiger partial charge in [0.15, 0.2) is 0 Å². The molecule has 2 fully saturated rings. The number of carbonyl (C=O) groups is 3. The van der Waals surface area contributed by atoms with Crippen LogP contribution in [0.4, 0.5) is 10.5 Å². The fraction of sp³-hybridized carbons (Fsp3) is 0.273. The molecule has 1 saturated heterocycles. The van der Waals surface area contributed by atoms with E-state index in [4.69, 9.17) is 11.6 Å². The van der Waals surface area contributed by atoms with Gasteiger partial charge in [-0.3, -0.25) is 14.9 Å². The predicted molar refractivity (Wildman–Crippen MR) is 117 cm³/mol. The van der Waals surface area contributed by atoms with E-state index in [1.165, 1.54) is 0 Å². The number of halogens is 1. The van der Waals surface area contributed by atoms with Crippen LogP contribution in [0.1, 0.15) is 25.7 Å². The Kier molecular flexibility index (Phi) is 4.66. The molecule has 0 bridgehead atoms. The number of imidazole rings is 1. The fourth-order valence-corrected chi connectivity index (χ4v) is 4.59. The van der Waals surface area contributed by atoms with E-state index in [9.17, 15) is 14.4 Å². The summed E-state index contributed by atoms with van der Waals surface area (Å²) in [6.07, 6.45) is 1.96. The number of hydrogen-bond donors (Lipinski definition) is 4. The monoisotopic (exact) mass is 437 g/mol. The van der Waals surface area contributed by atoms with E-state index in [2.05, 4.69) is 25.9 Å². The van der Waals surface area contributed by atoms with Crippen molar-refractivity contribution >= 4 is 46.2 Å². The number of hydrogen-bond acceptors (Lipinski definition) is 4. The Labute approximate surface area is 182 Å². The molecule has 1 spiro atoms. The van der Waals surface area contributed by atoms with Gasteiger partial charge in [-0.25, -0.2) is 9.78 Å². The van der Waals surface area contributed by atoms with Crippen LogP contribution >= 0.6 is 11.6 Å². The van der Waals surface area contributed by atoms with Crippen LogP contribution in [0.15, 0.2) is 42.5 Å². The summed E-state index contributed by atoms with van der Waals surface area (Å²) in [6, 6.07) is 12.5. The third-order valence-electron chi connectivity index (χ3n) is 6.10. The topological polar surface area (TPSA) is 116 Å². The lowest BCUT2D eigenvalue weighted by molar-refractivity contribution is -0.128. The summed E-state index contributed by atoms with van der Waals surface area (Å²) in [6.45, 7) is 0. The van der Waals surface area contributed by atoms with Crippen LogP contribution in [0, 0.1) is 5.92 Å². The lowest BCUT2D eigenvalue weighted by Crippen LogP contribution is -2.50. The molecule has 158 valence electrons. The highest BCUT2D eigenvalue weighted by molar-refractivity contribution is 6.33. The second-order valence-corrected chi connectivity index (χ2v) is 8.46. The maximum atomic E-state index is 12.8. The third-order valence-corrected chi connectivity index (χ3v) is 6.43. The van der Waals surface area contributed by atoms with Gasteiger partial charge in [-0.1, -0.05) is 23.7 Å². The molecule has 4 N–H and O–H groups in total. The molecule has 31 heavy (non-hydrogen) atoms. The summed E-state index contributed by atoms with van der Waals surface area (Å²) < 4.78 is 0. The highest BCUT2D eigenvalue weighted by Crippen LogP contribution is 2.35. The summed E-state index contributed by atoms with van der Waals surface area (Å²) in [7, 11) is 0. The van der Waals surface area contributed by atoms with Gasteiger partial charge < -0.3 is 15.6 Å². The lowest BCUT2D eigenvalue weighted by Gasteiger charge is -2.33. The number of imide groups is 1. The molecule has 4 amide bonds. The minimum atomic E-state index is -0.863. The molecular weight excluding hydrogens is 418 g/mol. The average molecular weight is 438 g/mol. The van der Waals surface area contributed by atoms with Gasteiger partial charge in [0, 0.05) is 17.2 Å². The third kappa shape index (κ3) is 3.53. The number of nitrogens with one attached hydrogen (secondary N) is 4. The van der Waals surface area contributed by atoms with Crippen molar-refractivity contribution in [1.82, 2.24) is 20.6 Å². The van der Waals surface area contributed by atoms with Gasteiger partial charge in [-0.15, -0.1) is 0 Å². The van der Waals surface area contributed by atoms with Gasteiger partial charge in [-0.2, -0.15) is 0 Å². The highest BCUT2D eigenvalue weighted by Gasteiger charge is 2.48. The number of amides is 4. The van der Waals surface area contributed by atoms with Crippen LogP contribution in [-0.4, -0.2) is 33.4 Å². The summed E-state index contributed by atoms with van der Waals surface area (Å²) in [4.78, 5) is 44.2. The number of fused-ring (bicyclic) bond motifs is 1. The average Bonchev–Trinajstić information content (AvgIpc) is 3.28. The van der Waals surface area contributed by atoms with Crippen molar-refractivity contribution in [3.05, 3.63) is 47.5 Å². The zero-order valence-electron chi connectivity index (χ0n) is 16.5. The summed E-state index contributed by atoms with van der Waals surface area (Å²) in [5.74, 6) is 0.0609. The Hall–Kier alpha value is -3.39. The van der Waals surface area contributed by atoms with E-state index < -0.39 is 11.6 Å². The molecule has 2 aromatic carbocycles. The van der Waals surface area contributed by atoms with Gasteiger partial charge in [0.2, 0.25) is 5.91 Å². The van der Waals surface area contributed by atoms with Crippen LogP contribution in [0.2, 0.25) is 5.02 Å². The van der Waals surface area contributed by atoms with Gasteiger partial charge in [0.25, 0.3) is 5.91 Å². The molecule has 2 aliphatic rings. The van der Waals surface area contributed by atoms with Crippen molar-refractivity contribution in [3.63, 3.8) is 0 Å². The van der Waals surface area contributed by atoms with Crippen LogP contribution in [0.25, 0.3) is 22.4 Å². The van der Waals surface area contributed by atoms with Crippen LogP contribution in [-0.2, 0) is 9.59 Å². The number of benzene rings is 2. The number of rotatable bonds is 3. The van der Waals surface area contributed by atoms with Gasteiger partial charge in [0.1, 0.15) is 11.4 Å².